The summed E-state index contributed by atoms with van der Waals surface area (Å²) in [5, 5.41) is 17.7. The lowest BCUT2D eigenvalue weighted by Gasteiger charge is -2.37. The maximum atomic E-state index is 15.1. The van der Waals surface area contributed by atoms with Gasteiger partial charge in [-0.15, -0.1) is 0 Å². The average molecular weight is 704 g/mol. The molecule has 7 rings (SSSR count). The zero-order valence-electron chi connectivity index (χ0n) is 29.8. The smallest absolute Gasteiger partial charge is 0.264 e. The molecule has 1 fully saturated rings. The molecule has 1 spiro atoms. The first-order valence-electron chi connectivity index (χ1n) is 17.6. The fourth-order valence-corrected chi connectivity index (χ4v) is 12.6. The summed E-state index contributed by atoms with van der Waals surface area (Å²) in [6.45, 7) is 7.01. The van der Waals surface area contributed by atoms with Gasteiger partial charge in [0.05, 0.1) is 52.0 Å². The maximum Gasteiger partial charge on any atom is 0.264 e. The van der Waals surface area contributed by atoms with Gasteiger partial charge in [0, 0.05) is 30.9 Å². The van der Waals surface area contributed by atoms with Crippen molar-refractivity contribution >= 4 is 42.2 Å². The topological polar surface area (TPSA) is 101 Å². The summed E-state index contributed by atoms with van der Waals surface area (Å²) >= 11 is 0. The van der Waals surface area contributed by atoms with E-state index in [0.717, 1.165) is 33.8 Å². The number of fused-ring (bicyclic) bond motifs is 2. The van der Waals surface area contributed by atoms with Crippen LogP contribution in [0.15, 0.2) is 102 Å². The molecule has 4 aromatic carbocycles. The summed E-state index contributed by atoms with van der Waals surface area (Å²) in [7, 11) is 0.969. The van der Waals surface area contributed by atoms with Crippen LogP contribution in [0.3, 0.4) is 0 Å². The summed E-state index contributed by atoms with van der Waals surface area (Å²) in [4.78, 5) is 30.0. The van der Waals surface area contributed by atoms with Crippen LogP contribution >= 0.6 is 0 Å². The van der Waals surface area contributed by atoms with E-state index in [1.165, 1.54) is 10.2 Å². The monoisotopic (exact) mass is 703 g/mol. The minimum atomic E-state index is -2.31. The highest BCUT2D eigenvalue weighted by atomic mass is 28.3. The second-order valence-corrected chi connectivity index (χ2v) is 18.9. The molecule has 264 valence electrons. The Labute approximate surface area is 300 Å². The zero-order chi connectivity index (χ0) is 35.9. The second-order valence-electron chi connectivity index (χ2n) is 14.2. The molecular weight excluding hydrogens is 659 g/mol. The van der Waals surface area contributed by atoms with Crippen LogP contribution in [0, 0.1) is 5.92 Å². The lowest BCUT2D eigenvalue weighted by atomic mass is 9.82. The van der Waals surface area contributed by atoms with E-state index in [2.05, 4.69) is 32.2 Å². The molecule has 0 unspecified atom stereocenters. The van der Waals surface area contributed by atoms with Gasteiger partial charge in [-0.2, -0.15) is 5.10 Å². The van der Waals surface area contributed by atoms with E-state index in [9.17, 15) is 9.90 Å². The van der Waals surface area contributed by atoms with Gasteiger partial charge in [-0.05, 0) is 65.6 Å². The van der Waals surface area contributed by atoms with Crippen molar-refractivity contribution < 1.29 is 28.9 Å². The first kappa shape index (κ1) is 34.7. The quantitative estimate of drug-likeness (QED) is 0.193. The Kier molecular flexibility index (Phi) is 9.34. The van der Waals surface area contributed by atoms with Crippen LogP contribution in [0.5, 0.6) is 11.5 Å². The third-order valence-corrected chi connectivity index (χ3v) is 15.5. The van der Waals surface area contributed by atoms with Gasteiger partial charge in [0.25, 0.3) is 5.91 Å². The fraction of sp³-hybridized carbons (Fsp3) is 0.341. The van der Waals surface area contributed by atoms with Crippen LogP contribution in [0.1, 0.15) is 42.9 Å². The number of rotatable bonds is 10. The number of carbonyl (C=O) groups is 2. The van der Waals surface area contributed by atoms with E-state index in [4.69, 9.17) is 19.3 Å². The van der Waals surface area contributed by atoms with E-state index in [1.807, 2.05) is 84.9 Å². The standard InChI is InChI=1S/C41H45N3O6Si/c1-27-39(51(4,5)33-17-14-31(48-2)15-18-33)37(22-23-45)50-41(27)34-25-32(49-3)16-20-36(34)43(40(41)47)26-28-10-9-13-30(24-28)44-38(46)21-19-35(42-44)29-11-7-6-8-12-29/h6-18,20,24-25,27,37,39,45H,19,21-23,26H2,1-5H3/t27-,37+,39-,41+/m1/s1. The number of methoxy groups -OCH3 is 2. The molecule has 3 heterocycles. The summed E-state index contributed by atoms with van der Waals surface area (Å²) in [5.41, 5.74) is 3.67. The fourth-order valence-electron chi connectivity index (χ4n) is 8.53. The molecule has 10 heteroatoms. The number of benzene rings is 4. The van der Waals surface area contributed by atoms with Gasteiger partial charge < -0.3 is 24.2 Å². The number of nitrogens with zero attached hydrogens (tertiary/aromatic N) is 3. The van der Waals surface area contributed by atoms with E-state index >= 15 is 4.79 Å². The van der Waals surface area contributed by atoms with Gasteiger partial charge in [0.15, 0.2) is 5.60 Å². The summed E-state index contributed by atoms with van der Waals surface area (Å²) in [6, 6.07) is 31.6. The van der Waals surface area contributed by atoms with Crippen LogP contribution in [0.2, 0.25) is 18.6 Å². The van der Waals surface area contributed by atoms with Crippen LogP contribution in [0.4, 0.5) is 11.4 Å². The van der Waals surface area contributed by atoms with Crippen molar-refractivity contribution in [3.8, 4) is 11.5 Å². The molecular formula is C41H45N3O6Si. The number of aliphatic hydroxyl groups excluding tert-OH is 1. The normalized spacial score (nSPS) is 23.1. The molecule has 1 saturated heterocycles. The molecule has 9 nitrogen and oxygen atoms in total. The third-order valence-electron chi connectivity index (χ3n) is 11.1. The highest BCUT2D eigenvalue weighted by Crippen LogP contribution is 2.60. The van der Waals surface area contributed by atoms with Crippen molar-refractivity contribution in [3.05, 3.63) is 114 Å². The lowest BCUT2D eigenvalue weighted by molar-refractivity contribution is -0.146. The second kappa shape index (κ2) is 13.7. The van der Waals surface area contributed by atoms with Crippen LogP contribution in [-0.2, 0) is 26.5 Å². The Morgan fingerprint density at radius 2 is 1.63 bits per heavy atom. The number of hydrogen-bond acceptors (Lipinski definition) is 7. The van der Waals surface area contributed by atoms with Crippen LogP contribution in [-0.4, -0.2) is 57.6 Å². The van der Waals surface area contributed by atoms with Crippen molar-refractivity contribution in [2.45, 2.75) is 63.1 Å². The lowest BCUT2D eigenvalue weighted by Crippen LogP contribution is -2.51. The predicted octanol–water partition coefficient (Wildman–Crippen LogP) is 6.38. The molecule has 0 saturated carbocycles. The van der Waals surface area contributed by atoms with Crippen molar-refractivity contribution in [2.75, 3.05) is 30.7 Å². The summed E-state index contributed by atoms with van der Waals surface area (Å²) < 4.78 is 18.2. The maximum absolute atomic E-state index is 15.1. The van der Waals surface area contributed by atoms with E-state index < -0.39 is 13.7 Å². The zero-order valence-corrected chi connectivity index (χ0v) is 30.8. The Morgan fingerprint density at radius 3 is 2.33 bits per heavy atom. The number of aliphatic hydroxyl groups is 1. The number of anilines is 2. The molecule has 0 bridgehead atoms. The first-order valence-corrected chi connectivity index (χ1v) is 20.7. The number of amides is 2. The molecule has 0 radical (unpaired) electrons. The van der Waals surface area contributed by atoms with Gasteiger partial charge in [-0.3, -0.25) is 9.59 Å². The van der Waals surface area contributed by atoms with Crippen molar-refractivity contribution in [2.24, 2.45) is 11.0 Å². The molecule has 0 aliphatic carbocycles. The van der Waals surface area contributed by atoms with Gasteiger partial charge in [-0.1, -0.05) is 79.8 Å². The number of hydrogen-bond donors (Lipinski definition) is 1. The minimum Gasteiger partial charge on any atom is -0.497 e. The summed E-state index contributed by atoms with van der Waals surface area (Å²) in [6.07, 6.45) is 1.04. The van der Waals surface area contributed by atoms with Gasteiger partial charge >= 0.3 is 0 Å². The molecule has 51 heavy (non-hydrogen) atoms. The van der Waals surface area contributed by atoms with Crippen LogP contribution < -0.4 is 24.6 Å². The highest BCUT2D eigenvalue weighted by molar-refractivity contribution is 6.91. The largest absolute Gasteiger partial charge is 0.497 e. The number of ether oxygens (including phenoxy) is 3. The third kappa shape index (κ3) is 5.95. The van der Waals surface area contributed by atoms with Crippen molar-refractivity contribution in [1.82, 2.24) is 0 Å². The molecule has 4 atom stereocenters. The molecule has 3 aliphatic rings. The van der Waals surface area contributed by atoms with Gasteiger partial charge in [-0.25, -0.2) is 5.01 Å². The van der Waals surface area contributed by atoms with E-state index in [1.54, 1.807) is 19.1 Å². The molecule has 2 amide bonds. The summed E-state index contributed by atoms with van der Waals surface area (Å²) in [5.74, 6) is 1.03. The SMILES string of the molecule is COc1ccc([Si](C)(C)[C@H]2[C@H](CCO)O[C@@]3(C(=O)N(Cc4cccc(N5N=C(c6ccccc6)CCC5=O)c4)c4ccc(OC)cc43)[C@@H]2C)cc1. The Hall–Kier alpha value is -4.77. The molecule has 1 N–H and O–H groups in total. The van der Waals surface area contributed by atoms with Crippen molar-refractivity contribution in [1.29, 1.82) is 0 Å². The first-order chi connectivity index (χ1) is 24.6. The Bertz CT molecular complexity index is 1970. The predicted molar refractivity (Wildman–Crippen MR) is 202 cm³/mol. The highest BCUT2D eigenvalue weighted by Gasteiger charge is 2.66. The van der Waals surface area contributed by atoms with E-state index in [-0.39, 0.29) is 42.5 Å². The average Bonchev–Trinajstić information content (AvgIpc) is 3.58. The van der Waals surface area contributed by atoms with Gasteiger partial charge in [0.2, 0.25) is 5.91 Å². The Balaban J connectivity index is 1.25. The van der Waals surface area contributed by atoms with E-state index in [0.29, 0.717) is 30.7 Å². The molecule has 0 aromatic heterocycles. The minimum absolute atomic E-state index is 0.0195. The number of carbonyl (C=O) groups excluding carboxylic acids is 2. The van der Waals surface area contributed by atoms with Gasteiger partial charge in [0.1, 0.15) is 11.5 Å². The molecule has 4 aromatic rings. The number of hydrazone groups is 1. The Morgan fingerprint density at radius 1 is 0.902 bits per heavy atom. The molecule has 3 aliphatic heterocycles. The van der Waals surface area contributed by atoms with Crippen molar-refractivity contribution in [3.63, 3.8) is 0 Å². The van der Waals surface area contributed by atoms with Crippen LogP contribution in [0.25, 0.3) is 0 Å².